The van der Waals surface area contributed by atoms with Crippen LogP contribution in [0.5, 0.6) is 0 Å². The van der Waals surface area contributed by atoms with Crippen molar-refractivity contribution in [3.8, 4) is 0 Å². The molecule has 2 amide bonds. The third-order valence-corrected chi connectivity index (χ3v) is 4.17. The summed E-state index contributed by atoms with van der Waals surface area (Å²) < 4.78 is 0. The van der Waals surface area contributed by atoms with Gasteiger partial charge in [0.25, 0.3) is 0 Å². The number of nitrogens with one attached hydrogen (secondary N) is 1. The van der Waals surface area contributed by atoms with Crippen LogP contribution < -0.4 is 5.32 Å². The molecule has 0 radical (unpaired) electrons. The predicted octanol–water partition coefficient (Wildman–Crippen LogP) is 1.66. The lowest BCUT2D eigenvalue weighted by molar-refractivity contribution is -0.138. The number of amides is 2. The van der Waals surface area contributed by atoms with Crippen molar-refractivity contribution >= 4 is 11.8 Å². The third-order valence-electron chi connectivity index (χ3n) is 4.17. The van der Waals surface area contributed by atoms with Gasteiger partial charge in [0, 0.05) is 25.0 Å². The first-order valence-electron chi connectivity index (χ1n) is 8.10. The molecule has 0 spiro atoms. The van der Waals surface area contributed by atoms with Crippen LogP contribution in [0.1, 0.15) is 32.4 Å². The fraction of sp³-hybridized carbons (Fsp3) is 0.556. The molecule has 23 heavy (non-hydrogen) atoms. The SMILES string of the molecule is CN1CCN(C(=O)CNC(=O)C(C)(C)C)C(c2ccccc2)C1. The molecule has 0 aliphatic carbocycles. The molecule has 1 atom stereocenters. The van der Waals surface area contributed by atoms with Crippen LogP contribution in [-0.4, -0.2) is 54.8 Å². The Hall–Kier alpha value is -1.88. The molecule has 1 aromatic carbocycles. The highest BCUT2D eigenvalue weighted by Crippen LogP contribution is 2.24. The minimum absolute atomic E-state index is 0.0236. The van der Waals surface area contributed by atoms with Gasteiger partial charge < -0.3 is 15.1 Å². The molecule has 1 aliphatic rings. The highest BCUT2D eigenvalue weighted by molar-refractivity contribution is 5.87. The number of hydrogen-bond acceptors (Lipinski definition) is 3. The van der Waals surface area contributed by atoms with E-state index in [0.29, 0.717) is 6.54 Å². The number of nitrogens with zero attached hydrogens (tertiary/aromatic N) is 2. The van der Waals surface area contributed by atoms with Crippen LogP contribution >= 0.6 is 0 Å². The average Bonchev–Trinajstić information content (AvgIpc) is 2.52. The van der Waals surface area contributed by atoms with Crippen LogP contribution in [0.25, 0.3) is 0 Å². The van der Waals surface area contributed by atoms with Crippen LogP contribution in [0.3, 0.4) is 0 Å². The lowest BCUT2D eigenvalue weighted by Gasteiger charge is -2.40. The maximum Gasteiger partial charge on any atom is 0.242 e. The number of likely N-dealkylation sites (N-methyl/N-ethyl adjacent to an activating group) is 1. The number of benzene rings is 1. The van der Waals surface area contributed by atoms with E-state index >= 15 is 0 Å². The van der Waals surface area contributed by atoms with E-state index in [4.69, 9.17) is 0 Å². The quantitative estimate of drug-likeness (QED) is 0.922. The number of rotatable bonds is 3. The van der Waals surface area contributed by atoms with Crippen molar-refractivity contribution in [3.05, 3.63) is 35.9 Å². The Morgan fingerprint density at radius 1 is 1.17 bits per heavy atom. The molecule has 1 saturated heterocycles. The smallest absolute Gasteiger partial charge is 0.242 e. The highest BCUT2D eigenvalue weighted by Gasteiger charge is 2.30. The Labute approximate surface area is 138 Å². The summed E-state index contributed by atoms with van der Waals surface area (Å²) in [5.74, 6) is -0.124. The Morgan fingerprint density at radius 2 is 1.83 bits per heavy atom. The van der Waals surface area contributed by atoms with Crippen LogP contribution in [0.4, 0.5) is 0 Å². The number of piperazine rings is 1. The molecule has 1 fully saturated rings. The van der Waals surface area contributed by atoms with E-state index in [1.54, 1.807) is 0 Å². The fourth-order valence-corrected chi connectivity index (χ4v) is 2.70. The normalized spacial score (nSPS) is 19.5. The summed E-state index contributed by atoms with van der Waals surface area (Å²) in [4.78, 5) is 28.7. The van der Waals surface area contributed by atoms with Gasteiger partial charge in [-0.2, -0.15) is 0 Å². The molecule has 1 heterocycles. The number of carbonyl (C=O) groups excluding carboxylic acids is 2. The Kier molecular flexibility index (Phi) is 5.42. The summed E-state index contributed by atoms with van der Waals surface area (Å²) in [5.41, 5.74) is 0.649. The van der Waals surface area contributed by atoms with E-state index in [2.05, 4.69) is 29.4 Å². The monoisotopic (exact) mass is 317 g/mol. The van der Waals surface area contributed by atoms with Crippen molar-refractivity contribution in [2.75, 3.05) is 33.2 Å². The van der Waals surface area contributed by atoms with Gasteiger partial charge in [0.1, 0.15) is 0 Å². The van der Waals surface area contributed by atoms with Gasteiger partial charge >= 0.3 is 0 Å². The molecule has 0 bridgehead atoms. The van der Waals surface area contributed by atoms with Crippen molar-refractivity contribution in [1.82, 2.24) is 15.1 Å². The molecule has 0 saturated carbocycles. The minimum atomic E-state index is -0.485. The molecular weight excluding hydrogens is 290 g/mol. The van der Waals surface area contributed by atoms with Gasteiger partial charge in [-0.1, -0.05) is 51.1 Å². The topological polar surface area (TPSA) is 52.6 Å². The fourth-order valence-electron chi connectivity index (χ4n) is 2.70. The van der Waals surface area contributed by atoms with Gasteiger partial charge in [0.05, 0.1) is 12.6 Å². The summed E-state index contributed by atoms with van der Waals surface area (Å²) in [7, 11) is 2.07. The summed E-state index contributed by atoms with van der Waals surface area (Å²) >= 11 is 0. The number of hydrogen-bond donors (Lipinski definition) is 1. The lowest BCUT2D eigenvalue weighted by Crippen LogP contribution is -2.52. The molecule has 0 aromatic heterocycles. The number of carbonyl (C=O) groups is 2. The standard InChI is InChI=1S/C18H27N3O2/c1-18(2,3)17(23)19-12-16(22)21-11-10-20(4)13-15(21)14-8-6-5-7-9-14/h5-9,15H,10-13H2,1-4H3,(H,19,23). The molecule has 1 aromatic rings. The Bertz CT molecular complexity index is 551. The molecule has 1 unspecified atom stereocenters. The zero-order chi connectivity index (χ0) is 17.0. The first-order valence-corrected chi connectivity index (χ1v) is 8.10. The maximum absolute atomic E-state index is 12.6. The van der Waals surface area contributed by atoms with Crippen molar-refractivity contribution < 1.29 is 9.59 Å². The largest absolute Gasteiger partial charge is 0.347 e. The van der Waals surface area contributed by atoms with Crippen LogP contribution in [-0.2, 0) is 9.59 Å². The molecule has 126 valence electrons. The molecule has 5 nitrogen and oxygen atoms in total. The van der Waals surface area contributed by atoms with Crippen molar-refractivity contribution in [1.29, 1.82) is 0 Å². The van der Waals surface area contributed by atoms with Gasteiger partial charge in [-0.25, -0.2) is 0 Å². The van der Waals surface area contributed by atoms with Gasteiger partial charge in [0.15, 0.2) is 0 Å². The molecular formula is C18H27N3O2. The van der Waals surface area contributed by atoms with Crippen LogP contribution in [0.2, 0.25) is 0 Å². The van der Waals surface area contributed by atoms with E-state index < -0.39 is 5.41 Å². The predicted molar refractivity (Wildman–Crippen MR) is 90.9 cm³/mol. The van der Waals surface area contributed by atoms with E-state index in [1.165, 1.54) is 0 Å². The molecule has 1 aliphatic heterocycles. The second-order valence-corrected chi connectivity index (χ2v) is 7.21. The van der Waals surface area contributed by atoms with Gasteiger partial charge in [-0.15, -0.1) is 0 Å². The van der Waals surface area contributed by atoms with E-state index in [1.807, 2.05) is 43.9 Å². The van der Waals surface area contributed by atoms with E-state index in [0.717, 1.165) is 18.7 Å². The highest BCUT2D eigenvalue weighted by atomic mass is 16.2. The molecule has 2 rings (SSSR count). The van der Waals surface area contributed by atoms with Crippen LogP contribution in [0, 0.1) is 5.41 Å². The zero-order valence-corrected chi connectivity index (χ0v) is 14.5. The first kappa shape index (κ1) is 17.5. The van der Waals surface area contributed by atoms with Crippen molar-refractivity contribution in [2.24, 2.45) is 5.41 Å². The van der Waals surface area contributed by atoms with Crippen molar-refractivity contribution in [2.45, 2.75) is 26.8 Å². The van der Waals surface area contributed by atoms with Gasteiger partial charge in [0.2, 0.25) is 11.8 Å². The van der Waals surface area contributed by atoms with E-state index in [9.17, 15) is 9.59 Å². The summed E-state index contributed by atoms with van der Waals surface area (Å²) in [6.45, 7) is 7.93. The first-order chi connectivity index (χ1) is 10.8. The second-order valence-electron chi connectivity index (χ2n) is 7.21. The Balaban J connectivity index is 2.06. The molecule has 5 heteroatoms. The average molecular weight is 317 g/mol. The molecule has 1 N–H and O–H groups in total. The van der Waals surface area contributed by atoms with Gasteiger partial charge in [-0.3, -0.25) is 9.59 Å². The summed E-state index contributed by atoms with van der Waals surface area (Å²) in [6, 6.07) is 10.1. The van der Waals surface area contributed by atoms with Crippen molar-refractivity contribution in [3.63, 3.8) is 0 Å². The third kappa shape index (κ3) is 4.55. The maximum atomic E-state index is 12.6. The minimum Gasteiger partial charge on any atom is -0.347 e. The zero-order valence-electron chi connectivity index (χ0n) is 14.5. The summed E-state index contributed by atoms with van der Waals surface area (Å²) in [5, 5.41) is 2.76. The lowest BCUT2D eigenvalue weighted by atomic mass is 9.96. The van der Waals surface area contributed by atoms with Gasteiger partial charge in [-0.05, 0) is 12.6 Å². The Morgan fingerprint density at radius 3 is 2.43 bits per heavy atom. The van der Waals surface area contributed by atoms with E-state index in [-0.39, 0.29) is 24.4 Å². The summed E-state index contributed by atoms with van der Waals surface area (Å²) in [6.07, 6.45) is 0. The van der Waals surface area contributed by atoms with Crippen LogP contribution in [0.15, 0.2) is 30.3 Å². The second kappa shape index (κ2) is 7.13.